The van der Waals surface area contributed by atoms with Crippen LogP contribution in [0.4, 0.5) is 0 Å². The second-order valence-electron chi connectivity index (χ2n) is 35.1. The molecule has 22 unspecified atom stereocenters. The summed E-state index contributed by atoms with van der Waals surface area (Å²) in [7, 11) is 0. The zero-order chi connectivity index (χ0) is 110. The fourth-order valence-electron chi connectivity index (χ4n) is 16.7. The maximum absolute atomic E-state index is 13.9. The summed E-state index contributed by atoms with van der Waals surface area (Å²) >= 11 is 0. The number of aromatic amines is 1. The van der Waals surface area contributed by atoms with Crippen LogP contribution in [-0.4, -0.2) is 435 Å². The quantitative estimate of drug-likeness (QED) is 0.0146. The van der Waals surface area contributed by atoms with Gasteiger partial charge in [0.2, 0.25) is 23.6 Å². The number of unbranched alkanes of at least 4 members (excludes halogenated alkanes) is 1. The van der Waals surface area contributed by atoms with Crippen LogP contribution in [0.3, 0.4) is 0 Å². The number of aliphatic carboxylic acids is 1. The Hall–Kier alpha value is -12.1. The van der Waals surface area contributed by atoms with E-state index >= 15 is 0 Å². The maximum atomic E-state index is 13.9. The predicted molar refractivity (Wildman–Crippen MR) is 498 cm³/mol. The van der Waals surface area contributed by atoms with Crippen LogP contribution in [-0.2, 0) is 234 Å². The van der Waals surface area contributed by atoms with E-state index in [-0.39, 0.29) is 152 Å². The normalized spacial score (nSPS) is 24.7. The Bertz CT molecular complexity index is 4830. The van der Waals surface area contributed by atoms with E-state index in [0.717, 1.165) is 62.3 Å². The van der Waals surface area contributed by atoms with Crippen LogP contribution in [0.2, 0.25) is 0 Å². The molecular weight excluding hydrogens is 2000 g/mol. The standard InChI is InChI=1S/C91H141N17O42/c1-17-126-50-139-79-71(46-135-55(6)113)147-88(75(92-51(2)109)83(79)143-62(13)120)131-34-30-127-26-22-105-45-69(99-105)41-104(40-68-44-108(102-98-68)25-29-130-33-37-134-91-78(95-54(5)112)86(146-65(16)123)82(142-61(12)119)74(150-91)49-138-58(9)116)70(87(124)125)20-18-19-21-103(38-66-42-106(100-96-66)23-27-128-31-35-132-89-76(93-52(3)110)84(144-63(14)121)80(140-59(10)117)72(148-89)47-136-56(7)114)39-67-43-107(101-97-67)24-28-129-32-36-133-90-77(94-53(4)111)85(145-64(15)122)81(141-60(11)118)73(149-90)48-137-57(8)115/h42,44-45,67,70-86,88-91,99H,17-41,43,46-50H2,1-16H3,(H,92,109)(H,93,110)(H,94,111)(H,95,112)(H,124,125). The first-order chi connectivity index (χ1) is 71.5. The molecule has 0 aromatic carbocycles. The van der Waals surface area contributed by atoms with Gasteiger partial charge in [-0.05, 0) is 26.3 Å². The molecule has 0 aliphatic carbocycles. The van der Waals surface area contributed by atoms with Gasteiger partial charge in [0, 0.05) is 155 Å². The zero-order valence-corrected chi connectivity index (χ0v) is 86.9. The lowest BCUT2D eigenvalue weighted by molar-refractivity contribution is -0.292. The Balaban J connectivity index is 0.960. The van der Waals surface area contributed by atoms with E-state index in [0.29, 0.717) is 49.6 Å². The van der Waals surface area contributed by atoms with Crippen LogP contribution in [0.25, 0.3) is 0 Å². The predicted octanol–water partition coefficient (Wildman–Crippen LogP) is -2.62. The highest BCUT2D eigenvalue weighted by molar-refractivity contribution is 5.77. The SMILES string of the molecule is CCOCOC1C(COC(C)=O)OC(OCCOCCn2cc(CN(Cc3cn(CCOCCOC4OC(COC(C)=O)C(OC(C)=O)C(OC(C)=O)C4NC(C)=O)nn3)C(CCCCN(Cc3cn(CCOCCOC4OC(COC(C)=O)C(OC(C)=O)C(OC(C)=O)C4NC(C)=O)nn3)CC3CN(CCOCCOC4OC(COC(C)=O)C(OC(C)=O)C(OC(C)=O)C4NC(C)=O)N=N3)C(=O)O)[nH]2)C(NC(C)=O)C1OC(C)=O. The molecule has 22 atom stereocenters. The minimum atomic E-state index is -1.36. The van der Waals surface area contributed by atoms with Gasteiger partial charge in [0.25, 0.3) is 0 Å². The van der Waals surface area contributed by atoms with Crippen LogP contribution in [0, 0.1) is 0 Å². The van der Waals surface area contributed by atoms with E-state index in [9.17, 15) is 81.8 Å². The second kappa shape index (κ2) is 63.9. The average Bonchev–Trinajstić information content (AvgIpc) is 0.962. The summed E-state index contributed by atoms with van der Waals surface area (Å²) in [6, 6.07) is -6.33. The highest BCUT2D eigenvalue weighted by atomic mass is 16.8. The van der Waals surface area contributed by atoms with Gasteiger partial charge in [-0.2, -0.15) is 5.11 Å². The number of rotatable bonds is 66. The lowest BCUT2D eigenvalue weighted by Crippen LogP contribution is -2.66. The monoisotopic (exact) mass is 2140 g/mol. The highest BCUT2D eigenvalue weighted by Crippen LogP contribution is 2.34. The van der Waals surface area contributed by atoms with Gasteiger partial charge in [0.15, 0.2) is 67.9 Å². The third kappa shape index (κ3) is 43.3. The van der Waals surface area contributed by atoms with E-state index in [1.807, 2.05) is 0 Å². The smallest absolute Gasteiger partial charge is 0.320 e. The fraction of sp³-hybridized carbons (Fsp3) is 0.758. The Morgan fingerprint density at radius 3 is 1.09 bits per heavy atom. The Kier molecular flexibility index (Phi) is 52.4. The molecule has 0 saturated carbocycles. The summed E-state index contributed by atoms with van der Waals surface area (Å²) in [5.41, 5.74) is 1.52. The zero-order valence-electron chi connectivity index (χ0n) is 86.9. The molecule has 0 radical (unpaired) electrons. The summed E-state index contributed by atoms with van der Waals surface area (Å²) < 4.78 is 149. The number of carbonyl (C=O) groups excluding carboxylic acids is 15. The van der Waals surface area contributed by atoms with Crippen molar-refractivity contribution in [3.63, 3.8) is 0 Å². The first-order valence-corrected chi connectivity index (χ1v) is 48.8. The van der Waals surface area contributed by atoms with Crippen molar-refractivity contribution in [3.8, 4) is 0 Å². The van der Waals surface area contributed by atoms with Crippen molar-refractivity contribution >= 4 is 95.3 Å². The molecule has 3 aromatic heterocycles. The van der Waals surface area contributed by atoms with Crippen molar-refractivity contribution in [2.75, 3.05) is 145 Å². The number of hydrogen-bond acceptors (Lipinski definition) is 50. The van der Waals surface area contributed by atoms with E-state index in [2.05, 4.69) is 62.2 Å². The highest BCUT2D eigenvalue weighted by Gasteiger charge is 2.56. The van der Waals surface area contributed by atoms with Gasteiger partial charge in [0.1, 0.15) is 100.0 Å². The number of carboxylic acid groups (broad SMARTS) is 1. The molecule has 3 aromatic rings. The lowest BCUT2D eigenvalue weighted by Gasteiger charge is -2.45. The number of ether oxygens (including phenoxy) is 25. The number of amides is 4. The largest absolute Gasteiger partial charge is 0.480 e. The third-order valence-electron chi connectivity index (χ3n) is 22.5. The van der Waals surface area contributed by atoms with Gasteiger partial charge < -0.3 is 150 Å². The van der Waals surface area contributed by atoms with Crippen molar-refractivity contribution in [1.29, 1.82) is 0 Å². The molecule has 59 heteroatoms. The lowest BCUT2D eigenvalue weighted by atomic mass is 9.96. The summed E-state index contributed by atoms with van der Waals surface area (Å²) in [5.74, 6) is -11.5. The van der Waals surface area contributed by atoms with Gasteiger partial charge in [-0.15, -0.1) is 10.2 Å². The summed E-state index contributed by atoms with van der Waals surface area (Å²) in [4.78, 5) is 203. The molecule has 4 fully saturated rings. The van der Waals surface area contributed by atoms with Gasteiger partial charge in [0.05, 0.1) is 129 Å². The van der Waals surface area contributed by atoms with E-state index in [4.69, 9.17) is 118 Å². The van der Waals surface area contributed by atoms with Crippen molar-refractivity contribution in [3.05, 3.63) is 35.7 Å². The first kappa shape index (κ1) is 123. The van der Waals surface area contributed by atoms with Crippen LogP contribution in [0.1, 0.15) is 147 Å². The molecule has 59 nitrogen and oxygen atoms in total. The Morgan fingerprint density at radius 2 is 0.740 bits per heavy atom. The summed E-state index contributed by atoms with van der Waals surface area (Å²) in [6.07, 6.45) is -14.3. The second-order valence-corrected chi connectivity index (χ2v) is 35.1. The topological polar surface area (TPSA) is 689 Å². The molecule has 4 saturated heterocycles. The molecule has 842 valence electrons. The van der Waals surface area contributed by atoms with Crippen molar-refractivity contribution in [1.82, 2.24) is 75.8 Å². The number of hydrogen-bond donors (Lipinski definition) is 6. The fourth-order valence-corrected chi connectivity index (χ4v) is 16.7. The Morgan fingerprint density at radius 1 is 0.400 bits per heavy atom. The van der Waals surface area contributed by atoms with E-state index in [1.54, 1.807) is 44.8 Å². The molecule has 4 amide bonds. The minimum Gasteiger partial charge on any atom is -0.480 e. The first-order valence-electron chi connectivity index (χ1n) is 48.8. The number of esters is 11. The number of aromatic nitrogens is 8. The van der Waals surface area contributed by atoms with Crippen LogP contribution in [0.5, 0.6) is 0 Å². The van der Waals surface area contributed by atoms with Gasteiger partial charge in [-0.25, -0.2) is 9.36 Å². The molecule has 8 heterocycles. The van der Waals surface area contributed by atoms with E-state index < -0.39 is 250 Å². The van der Waals surface area contributed by atoms with Crippen molar-refractivity contribution in [2.24, 2.45) is 10.3 Å². The minimum absolute atomic E-state index is 0.00719. The van der Waals surface area contributed by atoms with Crippen molar-refractivity contribution < 1.29 is 200 Å². The van der Waals surface area contributed by atoms with Gasteiger partial charge in [-0.1, -0.05) is 22.1 Å². The molecule has 150 heavy (non-hydrogen) atoms. The number of nitrogens with zero attached hydrogens (tertiary/aromatic N) is 12. The van der Waals surface area contributed by atoms with Crippen LogP contribution >= 0.6 is 0 Å². The molecule has 8 rings (SSSR count). The van der Waals surface area contributed by atoms with Crippen molar-refractivity contribution in [2.45, 2.75) is 304 Å². The maximum Gasteiger partial charge on any atom is 0.320 e. The van der Waals surface area contributed by atoms with Gasteiger partial charge in [-0.3, -0.25) is 96.2 Å². The third-order valence-corrected chi connectivity index (χ3v) is 22.5. The number of nitrogens with one attached hydrogen (secondary N) is 5. The molecule has 5 aliphatic heterocycles. The number of carboxylic acids is 1. The van der Waals surface area contributed by atoms with Crippen LogP contribution < -0.4 is 21.3 Å². The molecular formula is C91H141N17O42. The average molecular weight is 2150 g/mol. The summed E-state index contributed by atoms with van der Waals surface area (Å²) in [5, 5.41) is 53.6. The summed E-state index contributed by atoms with van der Waals surface area (Å²) in [6.45, 7) is 19.2. The molecule has 0 bridgehead atoms. The molecule has 0 spiro atoms. The van der Waals surface area contributed by atoms with E-state index in [1.165, 1.54) is 46.2 Å². The molecule has 6 N–H and O–H groups in total. The number of carbonyl (C=O) groups is 16. The van der Waals surface area contributed by atoms with Crippen LogP contribution in [0.15, 0.2) is 28.9 Å². The number of H-pyrrole nitrogens is 1. The molecule has 5 aliphatic rings. The Labute approximate surface area is 863 Å². The van der Waals surface area contributed by atoms with Gasteiger partial charge >= 0.3 is 71.6 Å².